The van der Waals surface area contributed by atoms with Gasteiger partial charge in [-0.3, -0.25) is 0 Å². The Morgan fingerprint density at radius 2 is 2.05 bits per heavy atom. The van der Waals surface area contributed by atoms with E-state index in [0.29, 0.717) is 16.0 Å². The van der Waals surface area contributed by atoms with Crippen molar-refractivity contribution in [3.8, 4) is 0 Å². The molecule has 0 aliphatic carbocycles. The molecule has 0 spiro atoms. The number of halogens is 2. The highest BCUT2D eigenvalue weighted by molar-refractivity contribution is 9.10. The summed E-state index contributed by atoms with van der Waals surface area (Å²) < 4.78 is 0.919. The van der Waals surface area contributed by atoms with Gasteiger partial charge in [0, 0.05) is 21.4 Å². The number of pyridine rings is 1. The fourth-order valence-corrected chi connectivity index (χ4v) is 2.09. The average Bonchev–Trinajstić information content (AvgIpc) is 2.38. The van der Waals surface area contributed by atoms with Gasteiger partial charge in [0.1, 0.15) is 5.82 Å². The fourth-order valence-electron chi connectivity index (χ4n) is 1.46. The lowest BCUT2D eigenvalue weighted by Crippen LogP contribution is -2.20. The smallest absolute Gasteiger partial charge is 0.176 e. The number of nitrogens with one attached hydrogen (secondary N) is 2. The van der Waals surface area contributed by atoms with Gasteiger partial charge >= 0.3 is 0 Å². The molecule has 0 saturated heterocycles. The summed E-state index contributed by atoms with van der Waals surface area (Å²) in [7, 11) is 0. The second-order valence-electron chi connectivity index (χ2n) is 3.85. The monoisotopic (exact) mass is 355 g/mol. The minimum Gasteiger partial charge on any atom is -0.332 e. The van der Waals surface area contributed by atoms with E-state index >= 15 is 0 Å². The molecule has 2 rings (SSSR count). The van der Waals surface area contributed by atoms with E-state index in [-0.39, 0.29) is 0 Å². The van der Waals surface area contributed by atoms with Crippen molar-refractivity contribution in [3.63, 3.8) is 0 Å². The van der Waals surface area contributed by atoms with Crippen molar-refractivity contribution in [1.82, 2.24) is 4.98 Å². The first kappa shape index (κ1) is 14.2. The molecule has 1 aromatic heterocycles. The summed E-state index contributed by atoms with van der Waals surface area (Å²) in [4.78, 5) is 4.19. The molecule has 0 unspecified atom stereocenters. The van der Waals surface area contributed by atoms with Gasteiger partial charge in [-0.05, 0) is 64.9 Å². The van der Waals surface area contributed by atoms with Crippen molar-refractivity contribution in [2.75, 3.05) is 10.6 Å². The standard InChI is InChI=1S/C13H11BrClN3S/c1-8-10(15)3-2-4-11(8)17-13(19)18-12-6-5-9(14)7-16-12/h2-7H,1H3,(H2,16,17,18,19). The maximum atomic E-state index is 6.05. The van der Waals surface area contributed by atoms with E-state index in [2.05, 4.69) is 31.5 Å². The van der Waals surface area contributed by atoms with Crippen molar-refractivity contribution in [1.29, 1.82) is 0 Å². The van der Waals surface area contributed by atoms with Crippen LogP contribution >= 0.6 is 39.7 Å². The molecule has 3 nitrogen and oxygen atoms in total. The van der Waals surface area contributed by atoms with Crippen LogP contribution in [0.2, 0.25) is 5.02 Å². The average molecular weight is 357 g/mol. The van der Waals surface area contributed by atoms with Crippen LogP contribution in [-0.2, 0) is 0 Å². The zero-order valence-electron chi connectivity index (χ0n) is 10.1. The van der Waals surface area contributed by atoms with Gasteiger partial charge in [0.25, 0.3) is 0 Å². The molecule has 0 aliphatic rings. The summed E-state index contributed by atoms with van der Waals surface area (Å²) in [5, 5.41) is 7.28. The first-order chi connectivity index (χ1) is 9.06. The number of nitrogens with zero attached hydrogens (tertiary/aromatic N) is 1. The summed E-state index contributed by atoms with van der Waals surface area (Å²) in [5.74, 6) is 0.681. The summed E-state index contributed by atoms with van der Waals surface area (Å²) in [6.45, 7) is 1.94. The van der Waals surface area contributed by atoms with E-state index in [1.54, 1.807) is 6.20 Å². The Hall–Kier alpha value is -1.17. The second-order valence-corrected chi connectivity index (χ2v) is 5.58. The van der Waals surface area contributed by atoms with Crippen LogP contribution < -0.4 is 10.6 Å². The van der Waals surface area contributed by atoms with Crippen LogP contribution in [0, 0.1) is 6.92 Å². The molecule has 0 aliphatic heterocycles. The van der Waals surface area contributed by atoms with E-state index < -0.39 is 0 Å². The minimum atomic E-state index is 0.472. The Balaban J connectivity index is 2.05. The van der Waals surface area contributed by atoms with Crippen molar-refractivity contribution < 1.29 is 0 Å². The van der Waals surface area contributed by atoms with Gasteiger partial charge in [0.15, 0.2) is 5.11 Å². The van der Waals surface area contributed by atoms with Crippen molar-refractivity contribution in [2.45, 2.75) is 6.92 Å². The lowest BCUT2D eigenvalue weighted by atomic mass is 10.2. The maximum Gasteiger partial charge on any atom is 0.176 e. The molecule has 2 N–H and O–H groups in total. The molecule has 0 saturated carbocycles. The number of thiocarbonyl (C=S) groups is 1. The van der Waals surface area contributed by atoms with Crippen LogP contribution in [0.5, 0.6) is 0 Å². The topological polar surface area (TPSA) is 37.0 Å². The predicted molar refractivity (Wildman–Crippen MR) is 88.0 cm³/mol. The first-order valence-electron chi connectivity index (χ1n) is 5.51. The van der Waals surface area contributed by atoms with Gasteiger partial charge in [-0.1, -0.05) is 17.7 Å². The second kappa shape index (κ2) is 6.32. The molecular formula is C13H11BrClN3S. The van der Waals surface area contributed by atoms with Crippen LogP contribution in [0.25, 0.3) is 0 Å². The Labute approximate surface area is 130 Å². The van der Waals surface area contributed by atoms with Crippen molar-refractivity contribution in [3.05, 3.63) is 51.6 Å². The Kier molecular flexibility index (Phi) is 4.74. The highest BCUT2D eigenvalue weighted by atomic mass is 79.9. The maximum absolute atomic E-state index is 6.05. The third-order valence-electron chi connectivity index (χ3n) is 2.48. The van der Waals surface area contributed by atoms with E-state index in [0.717, 1.165) is 15.7 Å². The van der Waals surface area contributed by atoms with E-state index in [1.165, 1.54) is 0 Å². The zero-order valence-corrected chi connectivity index (χ0v) is 13.2. The predicted octanol–water partition coefficient (Wildman–Crippen LogP) is 4.61. The summed E-state index contributed by atoms with van der Waals surface area (Å²) >= 11 is 14.6. The molecule has 0 bridgehead atoms. The molecule has 6 heteroatoms. The SMILES string of the molecule is Cc1c(Cl)cccc1NC(=S)Nc1ccc(Br)cn1. The highest BCUT2D eigenvalue weighted by Crippen LogP contribution is 2.23. The summed E-state index contributed by atoms with van der Waals surface area (Å²) in [5.41, 5.74) is 1.83. The van der Waals surface area contributed by atoms with Gasteiger partial charge in [0.05, 0.1) is 0 Å². The summed E-state index contributed by atoms with van der Waals surface area (Å²) in [6.07, 6.45) is 1.70. The highest BCUT2D eigenvalue weighted by Gasteiger charge is 2.04. The molecule has 19 heavy (non-hydrogen) atoms. The third kappa shape index (κ3) is 3.89. The number of rotatable bonds is 2. The summed E-state index contributed by atoms with van der Waals surface area (Å²) in [6, 6.07) is 9.36. The number of hydrogen-bond acceptors (Lipinski definition) is 2. The van der Waals surface area contributed by atoms with E-state index in [4.69, 9.17) is 23.8 Å². The molecule has 2 aromatic rings. The fraction of sp³-hybridized carbons (Fsp3) is 0.0769. The van der Waals surface area contributed by atoms with Crippen molar-refractivity contribution in [2.24, 2.45) is 0 Å². The molecular weight excluding hydrogens is 346 g/mol. The quantitative estimate of drug-likeness (QED) is 0.770. The van der Waals surface area contributed by atoms with Crippen LogP contribution in [-0.4, -0.2) is 10.1 Å². The number of hydrogen-bond donors (Lipinski definition) is 2. The van der Waals surface area contributed by atoms with Gasteiger partial charge in [-0.25, -0.2) is 4.98 Å². The van der Waals surface area contributed by atoms with E-state index in [1.807, 2.05) is 37.3 Å². The molecule has 1 heterocycles. The zero-order chi connectivity index (χ0) is 13.8. The van der Waals surface area contributed by atoms with Gasteiger partial charge in [-0.15, -0.1) is 0 Å². The van der Waals surface area contributed by atoms with Crippen LogP contribution in [0.15, 0.2) is 41.0 Å². The van der Waals surface area contributed by atoms with Crippen molar-refractivity contribution >= 4 is 56.4 Å². The van der Waals surface area contributed by atoms with Crippen LogP contribution in [0.1, 0.15) is 5.56 Å². The molecule has 0 atom stereocenters. The lowest BCUT2D eigenvalue weighted by molar-refractivity contribution is 1.31. The largest absolute Gasteiger partial charge is 0.332 e. The van der Waals surface area contributed by atoms with Gasteiger partial charge < -0.3 is 10.6 Å². The van der Waals surface area contributed by atoms with Crippen LogP contribution in [0.3, 0.4) is 0 Å². The van der Waals surface area contributed by atoms with Gasteiger partial charge in [0.2, 0.25) is 0 Å². The van der Waals surface area contributed by atoms with Gasteiger partial charge in [-0.2, -0.15) is 0 Å². The minimum absolute atomic E-state index is 0.472. The lowest BCUT2D eigenvalue weighted by Gasteiger charge is -2.12. The molecule has 98 valence electrons. The normalized spacial score (nSPS) is 10.1. The van der Waals surface area contributed by atoms with E-state index in [9.17, 15) is 0 Å². The Morgan fingerprint density at radius 3 is 2.74 bits per heavy atom. The number of benzene rings is 1. The molecule has 1 aromatic carbocycles. The number of aromatic nitrogens is 1. The molecule has 0 fully saturated rings. The Bertz CT molecular complexity index is 601. The Morgan fingerprint density at radius 1 is 1.26 bits per heavy atom. The number of anilines is 2. The van der Waals surface area contributed by atoms with Crippen LogP contribution in [0.4, 0.5) is 11.5 Å². The third-order valence-corrected chi connectivity index (χ3v) is 3.57. The first-order valence-corrected chi connectivity index (χ1v) is 7.09. The molecule has 0 amide bonds. The molecule has 0 radical (unpaired) electrons.